The summed E-state index contributed by atoms with van der Waals surface area (Å²) in [6.45, 7) is 6.15. The van der Waals surface area contributed by atoms with Crippen molar-refractivity contribution in [3.8, 4) is 5.75 Å². The summed E-state index contributed by atoms with van der Waals surface area (Å²) in [5, 5.41) is 3.30. The summed E-state index contributed by atoms with van der Waals surface area (Å²) in [4.78, 5) is 4.15. The predicted octanol–water partition coefficient (Wildman–Crippen LogP) is 2.22. The van der Waals surface area contributed by atoms with Gasteiger partial charge in [-0.2, -0.15) is 0 Å². The van der Waals surface area contributed by atoms with Gasteiger partial charge in [-0.25, -0.2) is 0 Å². The molecule has 1 aromatic heterocycles. The average molecular weight is 180 g/mol. The second-order valence-electron chi connectivity index (χ2n) is 3.33. The first-order valence-electron chi connectivity index (χ1n) is 4.40. The Morgan fingerprint density at radius 2 is 2.15 bits per heavy atom. The first-order chi connectivity index (χ1) is 6.13. The van der Waals surface area contributed by atoms with E-state index >= 15 is 0 Å². The highest BCUT2D eigenvalue weighted by atomic mass is 16.5. The van der Waals surface area contributed by atoms with Crippen LogP contribution in [0, 0.1) is 6.92 Å². The van der Waals surface area contributed by atoms with Gasteiger partial charge in [-0.05, 0) is 26.8 Å². The van der Waals surface area contributed by atoms with Crippen LogP contribution in [0.15, 0.2) is 12.3 Å². The number of ether oxygens (including phenoxy) is 1. The lowest BCUT2D eigenvalue weighted by molar-refractivity contribution is 0.414. The minimum atomic E-state index is 0.399. The molecule has 0 aromatic carbocycles. The monoisotopic (exact) mass is 180 g/mol. The van der Waals surface area contributed by atoms with Crippen molar-refractivity contribution in [1.82, 2.24) is 4.98 Å². The highest BCUT2D eigenvalue weighted by molar-refractivity contribution is 5.56. The molecule has 0 spiro atoms. The van der Waals surface area contributed by atoms with Crippen LogP contribution >= 0.6 is 0 Å². The van der Waals surface area contributed by atoms with E-state index in [1.165, 1.54) is 0 Å². The average Bonchev–Trinajstić information content (AvgIpc) is 2.03. The largest absolute Gasteiger partial charge is 0.493 e. The van der Waals surface area contributed by atoms with Crippen LogP contribution in [0.3, 0.4) is 0 Å². The van der Waals surface area contributed by atoms with Crippen LogP contribution in [-0.4, -0.2) is 18.1 Å². The SMILES string of the molecule is COc1cnc(C)cc1NC(C)C. The summed E-state index contributed by atoms with van der Waals surface area (Å²) in [5.74, 6) is 0.791. The fourth-order valence-electron chi connectivity index (χ4n) is 1.13. The molecular formula is C10H16N2O. The number of hydrogen-bond acceptors (Lipinski definition) is 3. The minimum Gasteiger partial charge on any atom is -0.493 e. The third-order valence-electron chi connectivity index (χ3n) is 1.67. The van der Waals surface area contributed by atoms with E-state index in [2.05, 4.69) is 24.1 Å². The lowest BCUT2D eigenvalue weighted by atomic mass is 10.3. The van der Waals surface area contributed by atoms with E-state index in [0.29, 0.717) is 6.04 Å². The molecule has 3 heteroatoms. The highest BCUT2D eigenvalue weighted by Gasteiger charge is 2.04. The molecule has 1 N–H and O–H groups in total. The molecule has 0 atom stereocenters. The maximum atomic E-state index is 5.18. The molecule has 1 rings (SSSR count). The molecule has 0 saturated carbocycles. The van der Waals surface area contributed by atoms with Gasteiger partial charge in [0.2, 0.25) is 0 Å². The van der Waals surface area contributed by atoms with Gasteiger partial charge in [-0.15, -0.1) is 0 Å². The first-order valence-corrected chi connectivity index (χ1v) is 4.40. The molecule has 0 fully saturated rings. The standard InChI is InChI=1S/C10H16N2O/c1-7(2)12-9-5-8(3)11-6-10(9)13-4/h5-7H,1-4H3,(H,11,12). The molecule has 1 aromatic rings. The zero-order valence-electron chi connectivity index (χ0n) is 8.59. The van der Waals surface area contributed by atoms with Gasteiger partial charge in [0, 0.05) is 11.7 Å². The number of rotatable bonds is 3. The van der Waals surface area contributed by atoms with Crippen molar-refractivity contribution in [2.75, 3.05) is 12.4 Å². The smallest absolute Gasteiger partial charge is 0.160 e. The molecule has 0 radical (unpaired) electrons. The summed E-state index contributed by atoms with van der Waals surface area (Å²) in [5.41, 5.74) is 1.99. The lowest BCUT2D eigenvalue weighted by Gasteiger charge is -2.13. The Balaban J connectivity index is 2.94. The van der Waals surface area contributed by atoms with E-state index in [4.69, 9.17) is 4.74 Å². The fraction of sp³-hybridized carbons (Fsp3) is 0.500. The maximum Gasteiger partial charge on any atom is 0.160 e. The van der Waals surface area contributed by atoms with Crippen molar-refractivity contribution in [3.63, 3.8) is 0 Å². The Morgan fingerprint density at radius 1 is 1.46 bits per heavy atom. The van der Waals surface area contributed by atoms with Gasteiger partial charge in [0.25, 0.3) is 0 Å². The molecule has 0 aliphatic heterocycles. The number of pyridine rings is 1. The summed E-state index contributed by atoms with van der Waals surface area (Å²) in [7, 11) is 1.65. The quantitative estimate of drug-likeness (QED) is 0.774. The van der Waals surface area contributed by atoms with E-state index in [1.807, 2.05) is 13.0 Å². The molecule has 1 heterocycles. The lowest BCUT2D eigenvalue weighted by Crippen LogP contribution is -2.11. The molecule has 72 valence electrons. The van der Waals surface area contributed by atoms with Crippen LogP contribution in [0.4, 0.5) is 5.69 Å². The Morgan fingerprint density at radius 3 is 2.69 bits per heavy atom. The normalized spacial score (nSPS) is 10.2. The van der Waals surface area contributed by atoms with Crippen LogP contribution in [0.2, 0.25) is 0 Å². The molecule has 0 aliphatic carbocycles. The van der Waals surface area contributed by atoms with Crippen molar-refractivity contribution in [2.45, 2.75) is 26.8 Å². The van der Waals surface area contributed by atoms with Crippen LogP contribution in [0.1, 0.15) is 19.5 Å². The number of anilines is 1. The van der Waals surface area contributed by atoms with Crippen LogP contribution in [0.5, 0.6) is 5.75 Å². The van der Waals surface area contributed by atoms with E-state index in [9.17, 15) is 0 Å². The zero-order chi connectivity index (χ0) is 9.84. The molecule has 3 nitrogen and oxygen atoms in total. The first kappa shape index (κ1) is 9.84. The van der Waals surface area contributed by atoms with Gasteiger partial charge in [-0.1, -0.05) is 0 Å². The van der Waals surface area contributed by atoms with E-state index in [1.54, 1.807) is 13.3 Å². The summed E-state index contributed by atoms with van der Waals surface area (Å²) in [6, 6.07) is 2.38. The van der Waals surface area contributed by atoms with Crippen LogP contribution in [0.25, 0.3) is 0 Å². The summed E-state index contributed by atoms with van der Waals surface area (Å²) < 4.78 is 5.18. The van der Waals surface area contributed by atoms with Gasteiger partial charge >= 0.3 is 0 Å². The van der Waals surface area contributed by atoms with Crippen LogP contribution in [-0.2, 0) is 0 Å². The van der Waals surface area contributed by atoms with Crippen molar-refractivity contribution >= 4 is 5.69 Å². The fourth-order valence-corrected chi connectivity index (χ4v) is 1.13. The van der Waals surface area contributed by atoms with Crippen molar-refractivity contribution in [1.29, 1.82) is 0 Å². The maximum absolute atomic E-state index is 5.18. The topological polar surface area (TPSA) is 34.1 Å². The zero-order valence-corrected chi connectivity index (χ0v) is 8.59. The second-order valence-corrected chi connectivity index (χ2v) is 3.33. The summed E-state index contributed by atoms with van der Waals surface area (Å²) >= 11 is 0. The number of aromatic nitrogens is 1. The van der Waals surface area contributed by atoms with Gasteiger partial charge in [0.15, 0.2) is 5.75 Å². The van der Waals surface area contributed by atoms with E-state index in [-0.39, 0.29) is 0 Å². The number of nitrogens with one attached hydrogen (secondary N) is 1. The number of aryl methyl sites for hydroxylation is 1. The molecular weight excluding hydrogens is 164 g/mol. The highest BCUT2D eigenvalue weighted by Crippen LogP contribution is 2.23. The van der Waals surface area contributed by atoms with Gasteiger partial charge < -0.3 is 10.1 Å². The predicted molar refractivity (Wildman–Crippen MR) is 54.3 cm³/mol. The molecule has 0 unspecified atom stereocenters. The minimum absolute atomic E-state index is 0.399. The Bertz CT molecular complexity index is 284. The van der Waals surface area contributed by atoms with Gasteiger partial charge in [0.05, 0.1) is 19.0 Å². The Labute approximate surface area is 79.1 Å². The molecule has 0 bridgehead atoms. The molecule has 0 amide bonds. The molecule has 0 saturated heterocycles. The number of hydrogen-bond donors (Lipinski definition) is 1. The van der Waals surface area contributed by atoms with Crippen molar-refractivity contribution in [3.05, 3.63) is 18.0 Å². The second kappa shape index (κ2) is 4.12. The van der Waals surface area contributed by atoms with Crippen molar-refractivity contribution in [2.24, 2.45) is 0 Å². The van der Waals surface area contributed by atoms with Crippen LogP contribution < -0.4 is 10.1 Å². The summed E-state index contributed by atoms with van der Waals surface area (Å²) in [6.07, 6.45) is 1.74. The molecule has 0 aliphatic rings. The van der Waals surface area contributed by atoms with Crippen molar-refractivity contribution < 1.29 is 4.74 Å². The number of nitrogens with zero attached hydrogens (tertiary/aromatic N) is 1. The van der Waals surface area contributed by atoms with E-state index in [0.717, 1.165) is 17.1 Å². The third-order valence-corrected chi connectivity index (χ3v) is 1.67. The van der Waals surface area contributed by atoms with Gasteiger partial charge in [0.1, 0.15) is 0 Å². The third kappa shape index (κ3) is 2.61. The van der Waals surface area contributed by atoms with E-state index < -0.39 is 0 Å². The number of methoxy groups -OCH3 is 1. The Kier molecular flexibility index (Phi) is 3.12. The Hall–Kier alpha value is -1.25. The molecule has 13 heavy (non-hydrogen) atoms. The van der Waals surface area contributed by atoms with Gasteiger partial charge in [-0.3, -0.25) is 4.98 Å².